The molecule has 0 aliphatic rings. The standard InChI is InChI=1S/C41H47IN6O14/c42-27-13-11-26(12-14-27)36(53)44-22-33(49)46-32(40(59)60)21-25-9-15-28(16-10-25)62-23-34(50)45-31(20-24-6-2-1-3-7-24)37(54)43-19-5-4-8-29(38(55)56)47-41(61)48-30(39(57)58)17-18-35(51)52/h1-3,6-7,9-16,29-32H,4-5,8,17-23H2,(H,43,54)(H,44,53)(H,45,50)(H,46,49)(H,51,52)(H,55,56)(H,57,58)(H,59,60)(H2,47,48,61)/t29-,30-,31-,32-/m0/s1. The first-order chi connectivity index (χ1) is 29.5. The summed E-state index contributed by atoms with van der Waals surface area (Å²) in [6.45, 7) is -0.841. The van der Waals surface area contributed by atoms with Crippen LogP contribution < -0.4 is 36.6 Å². The maximum absolute atomic E-state index is 13.2. The number of amides is 6. The molecule has 0 saturated heterocycles. The predicted octanol–water partition coefficient (Wildman–Crippen LogP) is 1.30. The number of nitrogens with one attached hydrogen (secondary N) is 6. The molecule has 0 aliphatic heterocycles. The van der Waals surface area contributed by atoms with Crippen molar-refractivity contribution in [3.63, 3.8) is 0 Å². The van der Waals surface area contributed by atoms with Crippen LogP contribution in [0.15, 0.2) is 78.9 Å². The lowest BCUT2D eigenvalue weighted by Gasteiger charge is -2.20. The molecule has 3 aromatic carbocycles. The van der Waals surface area contributed by atoms with Crippen molar-refractivity contribution in [3.05, 3.63) is 99.1 Å². The number of urea groups is 1. The van der Waals surface area contributed by atoms with Crippen molar-refractivity contribution in [2.45, 2.75) is 69.1 Å². The first-order valence-electron chi connectivity index (χ1n) is 19.1. The third-order valence-electron chi connectivity index (χ3n) is 8.89. The molecule has 21 heteroatoms. The van der Waals surface area contributed by atoms with Gasteiger partial charge in [-0.25, -0.2) is 19.2 Å². The van der Waals surface area contributed by atoms with Crippen LogP contribution in [0.4, 0.5) is 4.79 Å². The molecule has 0 aliphatic carbocycles. The van der Waals surface area contributed by atoms with Gasteiger partial charge in [0.15, 0.2) is 6.61 Å². The van der Waals surface area contributed by atoms with Crippen LogP contribution in [0.1, 0.15) is 53.6 Å². The van der Waals surface area contributed by atoms with Crippen molar-refractivity contribution < 1.29 is 68.3 Å². The Morgan fingerprint density at radius 2 is 1.15 bits per heavy atom. The van der Waals surface area contributed by atoms with Gasteiger partial charge in [0.2, 0.25) is 11.8 Å². The van der Waals surface area contributed by atoms with Crippen LogP contribution in [0, 0.1) is 3.57 Å². The monoisotopic (exact) mass is 974 g/mol. The Bertz CT molecular complexity index is 2040. The van der Waals surface area contributed by atoms with Crippen LogP contribution in [0.3, 0.4) is 0 Å². The predicted molar refractivity (Wildman–Crippen MR) is 227 cm³/mol. The molecule has 6 amide bonds. The van der Waals surface area contributed by atoms with E-state index in [1.807, 2.05) is 0 Å². The van der Waals surface area contributed by atoms with Crippen LogP contribution in [-0.4, -0.2) is 118 Å². The number of benzene rings is 3. The Morgan fingerprint density at radius 1 is 0.581 bits per heavy atom. The number of carbonyl (C=O) groups excluding carboxylic acids is 5. The summed E-state index contributed by atoms with van der Waals surface area (Å²) in [6.07, 6.45) is -0.515. The second kappa shape index (κ2) is 25.8. The molecule has 4 atom stereocenters. The molecule has 0 heterocycles. The lowest BCUT2D eigenvalue weighted by atomic mass is 10.0. The Labute approximate surface area is 368 Å². The smallest absolute Gasteiger partial charge is 0.326 e. The van der Waals surface area contributed by atoms with Crippen molar-refractivity contribution in [2.75, 3.05) is 19.7 Å². The van der Waals surface area contributed by atoms with Gasteiger partial charge in [-0.3, -0.25) is 24.0 Å². The fourth-order valence-electron chi connectivity index (χ4n) is 5.66. The average molecular weight is 975 g/mol. The van der Waals surface area contributed by atoms with E-state index in [0.717, 1.165) is 9.13 Å². The minimum absolute atomic E-state index is 0.0778. The average Bonchev–Trinajstić information content (AvgIpc) is 3.23. The topological polar surface area (TPSA) is 316 Å². The Morgan fingerprint density at radius 3 is 1.74 bits per heavy atom. The lowest BCUT2D eigenvalue weighted by molar-refractivity contribution is -0.142. The number of hydrogen-bond donors (Lipinski definition) is 10. The van der Waals surface area contributed by atoms with Gasteiger partial charge < -0.3 is 57.1 Å². The molecule has 10 N–H and O–H groups in total. The minimum Gasteiger partial charge on any atom is -0.484 e. The van der Waals surface area contributed by atoms with E-state index in [1.165, 1.54) is 12.1 Å². The van der Waals surface area contributed by atoms with Crippen molar-refractivity contribution in [2.24, 2.45) is 0 Å². The number of carbonyl (C=O) groups is 9. The summed E-state index contributed by atoms with van der Waals surface area (Å²) in [5.74, 6) is -7.53. The van der Waals surface area contributed by atoms with Crippen LogP contribution in [0.25, 0.3) is 0 Å². The molecule has 332 valence electrons. The Balaban J connectivity index is 1.47. The van der Waals surface area contributed by atoms with E-state index in [9.17, 15) is 58.5 Å². The molecule has 0 fully saturated rings. The summed E-state index contributed by atoms with van der Waals surface area (Å²) in [7, 11) is 0. The summed E-state index contributed by atoms with van der Waals surface area (Å²) in [5, 5.41) is 51.7. The Kier molecular flexibility index (Phi) is 20.6. The molecule has 0 radical (unpaired) electrons. The number of hydrogen-bond acceptors (Lipinski definition) is 10. The highest BCUT2D eigenvalue weighted by Crippen LogP contribution is 2.14. The number of halogens is 1. The first-order valence-corrected chi connectivity index (χ1v) is 20.2. The van der Waals surface area contributed by atoms with Gasteiger partial charge in [0, 0.05) is 34.9 Å². The van der Waals surface area contributed by atoms with Gasteiger partial charge in [-0.05, 0) is 95.8 Å². The number of carboxylic acids is 4. The second-order valence-electron chi connectivity index (χ2n) is 13.7. The molecule has 20 nitrogen and oxygen atoms in total. The van der Waals surface area contributed by atoms with Gasteiger partial charge in [-0.2, -0.15) is 0 Å². The van der Waals surface area contributed by atoms with E-state index in [4.69, 9.17) is 9.84 Å². The zero-order valence-corrected chi connectivity index (χ0v) is 35.3. The van der Waals surface area contributed by atoms with Crippen LogP contribution >= 0.6 is 22.6 Å². The van der Waals surface area contributed by atoms with Crippen molar-refractivity contribution >= 4 is 76.1 Å². The highest BCUT2D eigenvalue weighted by Gasteiger charge is 2.26. The molecular formula is C41H47IN6O14. The van der Waals surface area contributed by atoms with Gasteiger partial charge in [-0.15, -0.1) is 0 Å². The van der Waals surface area contributed by atoms with Gasteiger partial charge in [0.1, 0.15) is 29.9 Å². The summed E-state index contributed by atoms with van der Waals surface area (Å²) in [5.41, 5.74) is 1.61. The van der Waals surface area contributed by atoms with E-state index in [1.54, 1.807) is 66.7 Å². The molecule has 0 unspecified atom stereocenters. The molecule has 3 rings (SSSR count). The summed E-state index contributed by atoms with van der Waals surface area (Å²) >= 11 is 2.09. The SMILES string of the molecule is O=C(O)CC[C@H](NC(=O)N[C@@H](CCCCNC(=O)[C@H](Cc1ccccc1)NC(=O)COc1ccc(C[C@H](NC(=O)CNC(=O)c2ccc(I)cc2)C(=O)O)cc1)C(=O)O)C(=O)O. The number of rotatable bonds is 26. The van der Waals surface area contributed by atoms with Crippen LogP contribution in [-0.2, 0) is 46.4 Å². The molecule has 0 bridgehead atoms. The minimum atomic E-state index is -1.55. The van der Waals surface area contributed by atoms with Gasteiger partial charge in [0.25, 0.3) is 11.8 Å². The van der Waals surface area contributed by atoms with Crippen molar-refractivity contribution in [3.8, 4) is 5.75 Å². The molecule has 62 heavy (non-hydrogen) atoms. The van der Waals surface area contributed by atoms with Gasteiger partial charge in [0.05, 0.1) is 6.54 Å². The van der Waals surface area contributed by atoms with Crippen LogP contribution in [0.5, 0.6) is 5.75 Å². The van der Waals surface area contributed by atoms with E-state index in [2.05, 4.69) is 54.5 Å². The molecular weight excluding hydrogens is 927 g/mol. The molecule has 0 aromatic heterocycles. The van der Waals surface area contributed by atoms with Crippen molar-refractivity contribution in [1.29, 1.82) is 0 Å². The summed E-state index contributed by atoms with van der Waals surface area (Å²) in [6, 6.07) is 15.3. The molecule has 0 spiro atoms. The zero-order valence-electron chi connectivity index (χ0n) is 33.1. The van der Waals surface area contributed by atoms with E-state index < -0.39 is 104 Å². The first kappa shape index (κ1) is 49.6. The van der Waals surface area contributed by atoms with Gasteiger partial charge >= 0.3 is 29.9 Å². The summed E-state index contributed by atoms with van der Waals surface area (Å²) < 4.78 is 6.53. The highest BCUT2D eigenvalue weighted by atomic mass is 127. The second-order valence-corrected chi connectivity index (χ2v) is 15.0. The normalized spacial score (nSPS) is 12.5. The lowest BCUT2D eigenvalue weighted by Crippen LogP contribution is -2.51. The number of aliphatic carboxylic acids is 4. The molecule has 0 saturated carbocycles. The van der Waals surface area contributed by atoms with Crippen molar-refractivity contribution in [1.82, 2.24) is 31.9 Å². The molecule has 3 aromatic rings. The maximum atomic E-state index is 13.2. The highest BCUT2D eigenvalue weighted by molar-refractivity contribution is 14.1. The van der Waals surface area contributed by atoms with E-state index in [0.29, 0.717) is 11.1 Å². The fourth-order valence-corrected chi connectivity index (χ4v) is 6.02. The fraction of sp³-hybridized carbons (Fsp3) is 0.341. The maximum Gasteiger partial charge on any atom is 0.326 e. The van der Waals surface area contributed by atoms with E-state index in [-0.39, 0.29) is 44.4 Å². The largest absolute Gasteiger partial charge is 0.484 e. The third-order valence-corrected chi connectivity index (χ3v) is 9.61. The number of unbranched alkanes of at least 4 members (excludes halogenated alkanes) is 1. The van der Waals surface area contributed by atoms with Crippen LogP contribution in [0.2, 0.25) is 0 Å². The Hall–Kier alpha value is -6.78. The third kappa shape index (κ3) is 18.6. The zero-order chi connectivity index (χ0) is 45.6. The number of ether oxygens (including phenoxy) is 1. The summed E-state index contributed by atoms with van der Waals surface area (Å²) in [4.78, 5) is 109. The van der Waals surface area contributed by atoms with Gasteiger partial charge in [-0.1, -0.05) is 42.5 Å². The number of carboxylic acid groups (broad SMARTS) is 4. The quantitative estimate of drug-likeness (QED) is 0.0401. The van der Waals surface area contributed by atoms with E-state index >= 15 is 0 Å².